The van der Waals surface area contributed by atoms with Crippen LogP contribution in [0.3, 0.4) is 0 Å². The van der Waals surface area contributed by atoms with Crippen LogP contribution in [-0.4, -0.2) is 34.9 Å². The fourth-order valence-corrected chi connectivity index (χ4v) is 3.34. The van der Waals surface area contributed by atoms with Gasteiger partial charge in [-0.1, -0.05) is 62.7 Å². The minimum atomic E-state index is -0.690. The molecule has 0 aromatic heterocycles. The summed E-state index contributed by atoms with van der Waals surface area (Å²) in [5, 5.41) is 3.49. The third-order valence-electron chi connectivity index (χ3n) is 5.05. The number of nitrogens with zero attached hydrogens (tertiary/aromatic N) is 1. The third-order valence-corrected chi connectivity index (χ3v) is 5.42. The van der Waals surface area contributed by atoms with Crippen LogP contribution in [0.1, 0.15) is 59.6 Å². The predicted molar refractivity (Wildman–Crippen MR) is 130 cm³/mol. The molecule has 174 valence electrons. The largest absolute Gasteiger partial charge is 0.484 e. The van der Waals surface area contributed by atoms with E-state index in [-0.39, 0.29) is 30.4 Å². The maximum absolute atomic E-state index is 13.1. The molecule has 0 aliphatic carbocycles. The van der Waals surface area contributed by atoms with Crippen molar-refractivity contribution < 1.29 is 14.3 Å². The summed E-state index contributed by atoms with van der Waals surface area (Å²) in [6.45, 7) is 13.9. The lowest BCUT2D eigenvalue weighted by Crippen LogP contribution is -2.53. The van der Waals surface area contributed by atoms with Crippen molar-refractivity contribution >= 4 is 23.4 Å². The molecule has 0 aliphatic rings. The first-order valence-electron chi connectivity index (χ1n) is 10.9. The van der Waals surface area contributed by atoms with Crippen molar-refractivity contribution in [2.75, 3.05) is 6.61 Å². The highest BCUT2D eigenvalue weighted by Gasteiger charge is 2.29. The average molecular weight is 459 g/mol. The Labute approximate surface area is 197 Å². The molecule has 2 aromatic carbocycles. The molecular formula is C26H35ClN2O3. The van der Waals surface area contributed by atoms with Gasteiger partial charge in [0.05, 0.1) is 0 Å². The second-order valence-corrected chi connectivity index (χ2v) is 10.5. The maximum atomic E-state index is 13.1. The Hall–Kier alpha value is -2.53. The van der Waals surface area contributed by atoms with Crippen LogP contribution >= 0.6 is 11.6 Å². The first kappa shape index (κ1) is 25.7. The van der Waals surface area contributed by atoms with Crippen LogP contribution in [-0.2, 0) is 21.5 Å². The summed E-state index contributed by atoms with van der Waals surface area (Å²) in [7, 11) is 0. The van der Waals surface area contributed by atoms with Crippen LogP contribution < -0.4 is 10.1 Å². The molecule has 1 atom stereocenters. The molecule has 0 saturated heterocycles. The number of rotatable bonds is 7. The van der Waals surface area contributed by atoms with Gasteiger partial charge in [-0.05, 0) is 62.4 Å². The fraction of sp³-hybridized carbons (Fsp3) is 0.462. The third kappa shape index (κ3) is 7.56. The highest BCUT2D eigenvalue weighted by atomic mass is 35.5. The Morgan fingerprint density at radius 2 is 1.59 bits per heavy atom. The minimum absolute atomic E-state index is 0.0376. The summed E-state index contributed by atoms with van der Waals surface area (Å²) in [6, 6.07) is 14.3. The molecule has 0 heterocycles. The number of benzene rings is 2. The summed E-state index contributed by atoms with van der Waals surface area (Å²) >= 11 is 6.32. The molecule has 32 heavy (non-hydrogen) atoms. The van der Waals surface area contributed by atoms with Gasteiger partial charge < -0.3 is 15.0 Å². The number of halogens is 1. The van der Waals surface area contributed by atoms with Crippen LogP contribution in [0.15, 0.2) is 48.5 Å². The highest BCUT2D eigenvalue weighted by Crippen LogP contribution is 2.24. The van der Waals surface area contributed by atoms with E-state index >= 15 is 0 Å². The molecule has 2 rings (SSSR count). The molecule has 0 fully saturated rings. The van der Waals surface area contributed by atoms with Crippen LogP contribution in [0.25, 0.3) is 0 Å². The van der Waals surface area contributed by atoms with Crippen molar-refractivity contribution in [1.29, 1.82) is 0 Å². The van der Waals surface area contributed by atoms with E-state index in [1.165, 1.54) is 10.5 Å². The van der Waals surface area contributed by atoms with Gasteiger partial charge in [-0.2, -0.15) is 0 Å². The Bertz CT molecular complexity index is 927. The van der Waals surface area contributed by atoms with E-state index in [2.05, 4.69) is 26.1 Å². The number of amides is 2. The monoisotopic (exact) mass is 458 g/mol. The van der Waals surface area contributed by atoms with Gasteiger partial charge in [0.15, 0.2) is 6.61 Å². The van der Waals surface area contributed by atoms with Gasteiger partial charge >= 0.3 is 0 Å². The molecule has 1 N–H and O–H groups in total. The fourth-order valence-electron chi connectivity index (χ4n) is 3.15. The van der Waals surface area contributed by atoms with E-state index in [1.807, 2.05) is 63.2 Å². The molecule has 0 aliphatic heterocycles. The Morgan fingerprint density at radius 1 is 1.00 bits per heavy atom. The number of ether oxygens (including phenoxy) is 1. The molecule has 0 unspecified atom stereocenters. The van der Waals surface area contributed by atoms with Crippen LogP contribution in [0, 0.1) is 0 Å². The highest BCUT2D eigenvalue weighted by molar-refractivity contribution is 6.31. The SMILES string of the molecule is C[C@H](C(=O)NC(C)(C)C)N(Cc1ccccc1Cl)C(=O)COc1ccc(C(C)(C)C)cc1. The minimum Gasteiger partial charge on any atom is -0.484 e. The smallest absolute Gasteiger partial charge is 0.261 e. The number of carbonyl (C=O) groups is 2. The zero-order chi connectivity index (χ0) is 24.1. The lowest BCUT2D eigenvalue weighted by atomic mass is 9.87. The maximum Gasteiger partial charge on any atom is 0.261 e. The summed E-state index contributed by atoms with van der Waals surface area (Å²) < 4.78 is 5.76. The van der Waals surface area contributed by atoms with Gasteiger partial charge in [0.25, 0.3) is 5.91 Å². The molecule has 0 radical (unpaired) electrons. The second-order valence-electron chi connectivity index (χ2n) is 10.1. The van der Waals surface area contributed by atoms with Gasteiger partial charge in [-0.3, -0.25) is 9.59 Å². The van der Waals surface area contributed by atoms with Crippen LogP contribution in [0.4, 0.5) is 0 Å². The molecule has 0 bridgehead atoms. The molecule has 6 heteroatoms. The predicted octanol–water partition coefficient (Wildman–Crippen LogP) is 5.35. The van der Waals surface area contributed by atoms with Gasteiger partial charge in [-0.25, -0.2) is 0 Å². The zero-order valence-corrected chi connectivity index (χ0v) is 20.9. The molecule has 0 spiro atoms. The van der Waals surface area contributed by atoms with Gasteiger partial charge in [0, 0.05) is 17.1 Å². The first-order valence-corrected chi connectivity index (χ1v) is 11.2. The van der Waals surface area contributed by atoms with E-state index in [9.17, 15) is 9.59 Å². The lowest BCUT2D eigenvalue weighted by molar-refractivity contribution is -0.142. The van der Waals surface area contributed by atoms with Crippen LogP contribution in [0.5, 0.6) is 5.75 Å². The quantitative estimate of drug-likeness (QED) is 0.608. The second kappa shape index (κ2) is 10.4. The molecular weight excluding hydrogens is 424 g/mol. The summed E-state index contributed by atoms with van der Waals surface area (Å²) in [5.74, 6) is 0.0876. The molecule has 2 aromatic rings. The van der Waals surface area contributed by atoms with E-state index in [4.69, 9.17) is 16.3 Å². The molecule has 2 amide bonds. The van der Waals surface area contributed by atoms with Crippen LogP contribution in [0.2, 0.25) is 5.02 Å². The topological polar surface area (TPSA) is 58.6 Å². The number of hydrogen-bond acceptors (Lipinski definition) is 3. The van der Waals surface area contributed by atoms with Crippen molar-refractivity contribution in [3.05, 3.63) is 64.7 Å². The lowest BCUT2D eigenvalue weighted by Gasteiger charge is -2.31. The van der Waals surface area contributed by atoms with Crippen molar-refractivity contribution in [3.63, 3.8) is 0 Å². The van der Waals surface area contributed by atoms with E-state index in [1.54, 1.807) is 13.0 Å². The van der Waals surface area contributed by atoms with Gasteiger partial charge in [-0.15, -0.1) is 0 Å². The number of hydrogen-bond donors (Lipinski definition) is 1. The van der Waals surface area contributed by atoms with Gasteiger partial charge in [0.1, 0.15) is 11.8 Å². The van der Waals surface area contributed by atoms with Crippen molar-refractivity contribution in [2.45, 2.75) is 72.0 Å². The van der Waals surface area contributed by atoms with Crippen molar-refractivity contribution in [3.8, 4) is 5.75 Å². The Morgan fingerprint density at radius 3 is 2.12 bits per heavy atom. The summed E-state index contributed by atoms with van der Waals surface area (Å²) in [4.78, 5) is 27.5. The summed E-state index contributed by atoms with van der Waals surface area (Å²) in [6.07, 6.45) is 0. The van der Waals surface area contributed by atoms with E-state index in [0.29, 0.717) is 10.8 Å². The molecule has 0 saturated carbocycles. The van der Waals surface area contributed by atoms with Crippen molar-refractivity contribution in [2.24, 2.45) is 0 Å². The standard InChI is InChI=1S/C26H35ClN2O3/c1-18(24(31)28-26(5,6)7)29(16-19-10-8-9-11-22(19)27)23(30)17-32-21-14-12-20(13-15-21)25(2,3)4/h8-15,18H,16-17H2,1-7H3,(H,28,31)/t18-/m1/s1. The number of nitrogens with one attached hydrogen (secondary N) is 1. The number of carbonyl (C=O) groups excluding carboxylic acids is 2. The first-order chi connectivity index (χ1) is 14.8. The molecule has 5 nitrogen and oxygen atoms in total. The Balaban J connectivity index is 2.17. The zero-order valence-electron chi connectivity index (χ0n) is 20.2. The van der Waals surface area contributed by atoms with E-state index in [0.717, 1.165) is 5.56 Å². The van der Waals surface area contributed by atoms with Crippen molar-refractivity contribution in [1.82, 2.24) is 10.2 Å². The van der Waals surface area contributed by atoms with E-state index < -0.39 is 11.6 Å². The average Bonchev–Trinajstić information content (AvgIpc) is 2.69. The van der Waals surface area contributed by atoms with Gasteiger partial charge in [0.2, 0.25) is 5.91 Å². The normalized spacial score (nSPS) is 12.8. The summed E-state index contributed by atoms with van der Waals surface area (Å²) in [5.41, 5.74) is 1.59. The Kier molecular flexibility index (Phi) is 8.35.